The largest absolute Gasteiger partial charge is 0.490 e. The zero-order valence-corrected chi connectivity index (χ0v) is 18.7. The monoisotopic (exact) mass is 457 g/mol. The van der Waals surface area contributed by atoms with Crippen molar-refractivity contribution in [2.45, 2.75) is 28.9 Å². The van der Waals surface area contributed by atoms with E-state index in [1.165, 1.54) is 0 Å². The predicted molar refractivity (Wildman–Crippen MR) is 124 cm³/mol. The normalized spacial score (nSPS) is 15.8. The molecule has 3 aromatic carbocycles. The van der Waals surface area contributed by atoms with Crippen LogP contribution in [0.3, 0.4) is 0 Å². The Morgan fingerprint density at radius 1 is 1.00 bits per heavy atom. The highest BCUT2D eigenvalue weighted by Gasteiger charge is 2.26. The molecule has 0 bridgehead atoms. The molecule has 0 saturated carbocycles. The van der Waals surface area contributed by atoms with E-state index < -0.39 is 9.84 Å². The Labute approximate surface area is 187 Å². The highest BCUT2D eigenvalue weighted by atomic mass is 35.5. The van der Waals surface area contributed by atoms with E-state index in [1.54, 1.807) is 24.3 Å². The first-order valence-electron chi connectivity index (χ1n) is 10.1. The average Bonchev–Trinajstić information content (AvgIpc) is 3.19. The number of benzene rings is 3. The highest BCUT2D eigenvalue weighted by Crippen LogP contribution is 2.33. The van der Waals surface area contributed by atoms with Crippen LogP contribution in [0.25, 0.3) is 21.7 Å². The number of hydrogen-bond acceptors (Lipinski definition) is 5. The first-order valence-corrected chi connectivity index (χ1v) is 11.6. The van der Waals surface area contributed by atoms with Crippen molar-refractivity contribution in [3.05, 3.63) is 60.7 Å². The molecule has 1 aliphatic rings. The molecule has 0 atom stereocenters. The van der Waals surface area contributed by atoms with E-state index in [4.69, 9.17) is 4.74 Å². The number of piperidine rings is 1. The van der Waals surface area contributed by atoms with Gasteiger partial charge >= 0.3 is 0 Å². The summed E-state index contributed by atoms with van der Waals surface area (Å²) in [6, 6.07) is 18.3. The molecule has 0 spiro atoms. The number of ether oxygens (including phenoxy) is 1. The Morgan fingerprint density at radius 3 is 2.55 bits per heavy atom. The number of rotatable bonds is 4. The fraction of sp³-hybridized carbons (Fsp3) is 0.261. The van der Waals surface area contributed by atoms with Crippen molar-refractivity contribution in [2.75, 3.05) is 20.1 Å². The lowest BCUT2D eigenvalue weighted by atomic mass is 10.1. The Kier molecular flexibility index (Phi) is 5.92. The molecule has 4 aromatic rings. The third-order valence-electron chi connectivity index (χ3n) is 5.77. The number of aromatic nitrogens is 2. The maximum absolute atomic E-state index is 13.5. The van der Waals surface area contributed by atoms with Gasteiger partial charge in [-0.3, -0.25) is 5.10 Å². The van der Waals surface area contributed by atoms with Crippen molar-refractivity contribution < 1.29 is 13.2 Å². The number of nitrogens with one attached hydrogen (secondary N) is 1. The number of sulfone groups is 1. The number of H-pyrrole nitrogens is 1. The van der Waals surface area contributed by atoms with Crippen LogP contribution in [0.15, 0.2) is 70.6 Å². The second-order valence-corrected chi connectivity index (χ2v) is 9.69. The molecule has 0 aliphatic carbocycles. The lowest BCUT2D eigenvalue weighted by molar-refractivity contribution is 0.114. The summed E-state index contributed by atoms with van der Waals surface area (Å²) in [6.45, 7) is 2.00. The molecule has 2 heterocycles. The molecule has 1 aromatic heterocycles. The number of fused-ring (bicyclic) bond motifs is 2. The van der Waals surface area contributed by atoms with E-state index >= 15 is 0 Å². The Morgan fingerprint density at radius 2 is 1.74 bits per heavy atom. The van der Waals surface area contributed by atoms with Crippen LogP contribution < -0.4 is 4.74 Å². The summed E-state index contributed by atoms with van der Waals surface area (Å²) in [7, 11) is -1.68. The molecule has 1 fully saturated rings. The van der Waals surface area contributed by atoms with Crippen LogP contribution in [0, 0.1) is 0 Å². The van der Waals surface area contributed by atoms with Crippen LogP contribution in [-0.4, -0.2) is 49.8 Å². The lowest BCUT2D eigenvalue weighted by Gasteiger charge is -2.29. The van der Waals surface area contributed by atoms with Crippen LogP contribution in [0.1, 0.15) is 12.8 Å². The van der Waals surface area contributed by atoms with E-state index in [9.17, 15) is 8.42 Å². The molecule has 5 rings (SSSR count). The van der Waals surface area contributed by atoms with Gasteiger partial charge in [0.15, 0.2) is 5.03 Å². The lowest BCUT2D eigenvalue weighted by Crippen LogP contribution is -2.35. The molecule has 1 saturated heterocycles. The third-order valence-corrected chi connectivity index (χ3v) is 7.55. The van der Waals surface area contributed by atoms with Gasteiger partial charge in [0.1, 0.15) is 11.9 Å². The maximum Gasteiger partial charge on any atom is 0.224 e. The molecule has 31 heavy (non-hydrogen) atoms. The molecule has 0 unspecified atom stereocenters. The smallest absolute Gasteiger partial charge is 0.224 e. The number of likely N-dealkylation sites (tertiary alicyclic amines) is 1. The third kappa shape index (κ3) is 4.01. The first kappa shape index (κ1) is 21.6. The molecule has 0 radical (unpaired) electrons. The van der Waals surface area contributed by atoms with Crippen LogP contribution in [-0.2, 0) is 9.84 Å². The van der Waals surface area contributed by atoms with Gasteiger partial charge in [0.25, 0.3) is 0 Å². The quantitative estimate of drug-likeness (QED) is 0.490. The predicted octanol–water partition coefficient (Wildman–Crippen LogP) is 4.44. The summed E-state index contributed by atoms with van der Waals surface area (Å²) >= 11 is 0. The summed E-state index contributed by atoms with van der Waals surface area (Å²) in [5.41, 5.74) is 0.601. The van der Waals surface area contributed by atoms with Gasteiger partial charge in [-0.05, 0) is 49.5 Å². The number of aromatic amines is 1. The van der Waals surface area contributed by atoms with Crippen molar-refractivity contribution in [1.82, 2.24) is 15.1 Å². The van der Waals surface area contributed by atoms with Crippen molar-refractivity contribution >= 4 is 43.9 Å². The standard InChI is InChI=1S/C23H23N3O3S.ClH/c1-26-13-11-17(12-14-26)29-18-9-10-21-20(15-18)23(25-24-21)30(27,28)22-8-4-6-16-5-2-3-7-19(16)22;/h2-10,15,17H,11-14H2,1H3,(H,24,25);1H. The van der Waals surface area contributed by atoms with E-state index in [2.05, 4.69) is 22.1 Å². The summed E-state index contributed by atoms with van der Waals surface area (Å²) in [4.78, 5) is 2.56. The molecule has 8 heteroatoms. The maximum atomic E-state index is 13.5. The Hall–Kier alpha value is -2.61. The van der Waals surface area contributed by atoms with Crippen molar-refractivity contribution in [3.63, 3.8) is 0 Å². The van der Waals surface area contributed by atoms with Crippen molar-refractivity contribution in [2.24, 2.45) is 0 Å². The number of hydrogen-bond donors (Lipinski definition) is 1. The summed E-state index contributed by atoms with van der Waals surface area (Å²) in [5.74, 6) is 0.674. The molecule has 1 aliphatic heterocycles. The van der Waals surface area contributed by atoms with E-state index in [0.29, 0.717) is 22.0 Å². The molecule has 1 N–H and O–H groups in total. The van der Waals surface area contributed by atoms with Crippen LogP contribution in [0.5, 0.6) is 5.75 Å². The zero-order valence-electron chi connectivity index (χ0n) is 17.1. The summed E-state index contributed by atoms with van der Waals surface area (Å²) in [5, 5.41) is 9.20. The van der Waals surface area contributed by atoms with Gasteiger partial charge < -0.3 is 9.64 Å². The summed E-state index contributed by atoms with van der Waals surface area (Å²) in [6.07, 6.45) is 2.06. The fourth-order valence-electron chi connectivity index (χ4n) is 4.08. The van der Waals surface area contributed by atoms with Crippen molar-refractivity contribution in [1.29, 1.82) is 0 Å². The van der Waals surface area contributed by atoms with Gasteiger partial charge in [-0.2, -0.15) is 5.10 Å². The second-order valence-electron chi connectivity index (χ2n) is 7.83. The molecule has 0 amide bonds. The SMILES string of the molecule is CN1CCC(Oc2ccc3n[nH]c(S(=O)(=O)c4cccc5ccccc45)c3c2)CC1.Cl. The minimum atomic E-state index is -3.79. The van der Waals surface area contributed by atoms with E-state index in [1.807, 2.05) is 36.4 Å². The molecular weight excluding hydrogens is 434 g/mol. The van der Waals surface area contributed by atoms with Gasteiger partial charge in [-0.15, -0.1) is 12.4 Å². The number of nitrogens with zero attached hydrogens (tertiary/aromatic N) is 2. The molecule has 6 nitrogen and oxygen atoms in total. The topological polar surface area (TPSA) is 75.3 Å². The Balaban J connectivity index is 0.00000231. The van der Waals surface area contributed by atoms with Crippen LogP contribution in [0.4, 0.5) is 0 Å². The van der Waals surface area contributed by atoms with Crippen LogP contribution >= 0.6 is 12.4 Å². The van der Waals surface area contributed by atoms with E-state index in [0.717, 1.165) is 31.3 Å². The van der Waals surface area contributed by atoms with Crippen LogP contribution in [0.2, 0.25) is 0 Å². The minimum Gasteiger partial charge on any atom is -0.490 e. The van der Waals surface area contributed by atoms with Crippen molar-refractivity contribution in [3.8, 4) is 5.75 Å². The fourth-order valence-corrected chi connectivity index (χ4v) is 5.65. The van der Waals surface area contributed by atoms with Gasteiger partial charge in [0.05, 0.1) is 10.4 Å². The number of halogens is 1. The zero-order chi connectivity index (χ0) is 20.7. The average molecular weight is 458 g/mol. The Bertz CT molecular complexity index is 1320. The minimum absolute atomic E-state index is 0. The second kappa shape index (κ2) is 8.49. The summed E-state index contributed by atoms with van der Waals surface area (Å²) < 4.78 is 33.2. The first-order chi connectivity index (χ1) is 14.5. The van der Waals surface area contributed by atoms with Gasteiger partial charge in [-0.25, -0.2) is 8.42 Å². The van der Waals surface area contributed by atoms with E-state index in [-0.39, 0.29) is 28.4 Å². The van der Waals surface area contributed by atoms with Gasteiger partial charge in [0, 0.05) is 23.9 Å². The molecular formula is C23H24ClN3O3S. The highest BCUT2D eigenvalue weighted by molar-refractivity contribution is 7.91. The van der Waals surface area contributed by atoms with Gasteiger partial charge in [-0.1, -0.05) is 36.4 Å². The van der Waals surface area contributed by atoms with Gasteiger partial charge in [0.2, 0.25) is 9.84 Å². The molecule has 162 valence electrons.